The minimum absolute atomic E-state index is 0.747. The van der Waals surface area contributed by atoms with Crippen LogP contribution in [0.2, 0.25) is 0 Å². The molecule has 2 rings (SSSR count). The first-order valence-electron chi connectivity index (χ1n) is 6.67. The van der Waals surface area contributed by atoms with Crippen LogP contribution in [-0.2, 0) is 11.3 Å². The summed E-state index contributed by atoms with van der Waals surface area (Å²) in [6, 6.07) is 10.4. The molecule has 2 unspecified atom stereocenters. The van der Waals surface area contributed by atoms with Crippen molar-refractivity contribution < 1.29 is 4.74 Å². The van der Waals surface area contributed by atoms with Gasteiger partial charge in [0, 0.05) is 6.61 Å². The second-order valence-corrected chi connectivity index (χ2v) is 5.19. The summed E-state index contributed by atoms with van der Waals surface area (Å²) in [5.74, 6) is 1.62. The quantitative estimate of drug-likeness (QED) is 0.790. The maximum atomic E-state index is 5.73. The Morgan fingerprint density at radius 1 is 1.24 bits per heavy atom. The molecule has 1 N–H and O–H groups in total. The Balaban J connectivity index is 1.60. The predicted octanol–water partition coefficient (Wildman–Crippen LogP) is 2.84. The van der Waals surface area contributed by atoms with Crippen LogP contribution in [-0.4, -0.2) is 19.7 Å². The van der Waals surface area contributed by atoms with E-state index in [0.29, 0.717) is 0 Å². The average Bonchev–Trinajstić information content (AvgIpc) is 2.36. The normalized spacial score (nSPS) is 24.8. The third kappa shape index (κ3) is 4.49. The second-order valence-electron chi connectivity index (χ2n) is 5.19. The third-order valence-electron chi connectivity index (χ3n) is 3.44. The van der Waals surface area contributed by atoms with Gasteiger partial charge in [-0.15, -0.1) is 0 Å². The molecular weight excluding hydrogens is 210 g/mol. The molecule has 0 bridgehead atoms. The Labute approximate surface area is 104 Å². The van der Waals surface area contributed by atoms with Crippen LogP contribution in [0.25, 0.3) is 0 Å². The lowest BCUT2D eigenvalue weighted by Crippen LogP contribution is -2.35. The predicted molar refractivity (Wildman–Crippen MR) is 70.9 cm³/mol. The lowest BCUT2D eigenvalue weighted by Gasteiger charge is -2.27. The Morgan fingerprint density at radius 2 is 2.06 bits per heavy atom. The van der Waals surface area contributed by atoms with Crippen molar-refractivity contribution in [1.29, 1.82) is 0 Å². The number of ether oxygens (including phenoxy) is 1. The molecule has 0 saturated carbocycles. The monoisotopic (exact) mass is 233 g/mol. The molecule has 1 aromatic carbocycles. The third-order valence-corrected chi connectivity index (χ3v) is 3.44. The van der Waals surface area contributed by atoms with Crippen LogP contribution >= 0.6 is 0 Å². The Kier molecular flexibility index (Phi) is 5.02. The maximum absolute atomic E-state index is 5.73. The molecule has 2 nitrogen and oxygen atoms in total. The number of rotatable bonds is 5. The van der Waals surface area contributed by atoms with Gasteiger partial charge in [-0.3, -0.25) is 0 Å². The SMILES string of the molecule is CC1CNCC(CCOCc2ccccc2)C1. The average molecular weight is 233 g/mol. The van der Waals surface area contributed by atoms with E-state index in [1.165, 1.54) is 31.5 Å². The van der Waals surface area contributed by atoms with E-state index in [2.05, 4.69) is 36.5 Å². The van der Waals surface area contributed by atoms with Gasteiger partial charge < -0.3 is 10.1 Å². The highest BCUT2D eigenvalue weighted by molar-refractivity contribution is 5.13. The van der Waals surface area contributed by atoms with Crippen LogP contribution in [0.5, 0.6) is 0 Å². The van der Waals surface area contributed by atoms with Gasteiger partial charge in [-0.1, -0.05) is 37.3 Å². The lowest BCUT2D eigenvalue weighted by atomic mass is 9.90. The van der Waals surface area contributed by atoms with E-state index in [1.54, 1.807) is 0 Å². The minimum atomic E-state index is 0.747. The lowest BCUT2D eigenvalue weighted by molar-refractivity contribution is 0.1000. The molecule has 2 atom stereocenters. The molecular formula is C15H23NO. The van der Waals surface area contributed by atoms with E-state index in [0.717, 1.165) is 25.0 Å². The molecule has 1 aliphatic heterocycles. The molecule has 0 radical (unpaired) electrons. The smallest absolute Gasteiger partial charge is 0.0716 e. The van der Waals surface area contributed by atoms with E-state index in [1.807, 2.05) is 6.07 Å². The second kappa shape index (κ2) is 6.77. The van der Waals surface area contributed by atoms with Crippen molar-refractivity contribution >= 4 is 0 Å². The van der Waals surface area contributed by atoms with Crippen LogP contribution in [0, 0.1) is 11.8 Å². The van der Waals surface area contributed by atoms with Crippen LogP contribution in [0.4, 0.5) is 0 Å². The summed E-state index contributed by atoms with van der Waals surface area (Å²) >= 11 is 0. The van der Waals surface area contributed by atoms with E-state index >= 15 is 0 Å². The van der Waals surface area contributed by atoms with E-state index in [9.17, 15) is 0 Å². The minimum Gasteiger partial charge on any atom is -0.377 e. The number of hydrogen-bond donors (Lipinski definition) is 1. The first-order valence-corrected chi connectivity index (χ1v) is 6.67. The zero-order valence-corrected chi connectivity index (χ0v) is 10.7. The molecule has 0 aliphatic carbocycles. The molecule has 2 heteroatoms. The van der Waals surface area contributed by atoms with E-state index in [-0.39, 0.29) is 0 Å². The van der Waals surface area contributed by atoms with Crippen LogP contribution in [0.3, 0.4) is 0 Å². The summed E-state index contributed by atoms with van der Waals surface area (Å²) in [6.07, 6.45) is 2.53. The standard InChI is InChI=1S/C15H23NO/c1-13-9-15(11-16-10-13)7-8-17-12-14-5-3-2-4-6-14/h2-6,13,15-16H,7-12H2,1H3. The molecule has 94 valence electrons. The highest BCUT2D eigenvalue weighted by atomic mass is 16.5. The zero-order valence-electron chi connectivity index (χ0n) is 10.7. The fourth-order valence-corrected chi connectivity index (χ4v) is 2.50. The van der Waals surface area contributed by atoms with Crippen molar-refractivity contribution in [2.75, 3.05) is 19.7 Å². The Bertz CT molecular complexity index is 312. The molecule has 1 fully saturated rings. The van der Waals surface area contributed by atoms with Gasteiger partial charge >= 0.3 is 0 Å². The highest BCUT2D eigenvalue weighted by Gasteiger charge is 2.17. The first-order chi connectivity index (χ1) is 8.34. The van der Waals surface area contributed by atoms with E-state index in [4.69, 9.17) is 4.74 Å². The van der Waals surface area contributed by atoms with Gasteiger partial charge in [-0.2, -0.15) is 0 Å². The van der Waals surface area contributed by atoms with Crippen molar-refractivity contribution in [3.8, 4) is 0 Å². The fourth-order valence-electron chi connectivity index (χ4n) is 2.50. The largest absolute Gasteiger partial charge is 0.377 e. The van der Waals surface area contributed by atoms with Gasteiger partial charge in [0.1, 0.15) is 0 Å². The highest BCUT2D eigenvalue weighted by Crippen LogP contribution is 2.18. The van der Waals surface area contributed by atoms with Crippen LogP contribution in [0.15, 0.2) is 30.3 Å². The summed E-state index contributed by atoms with van der Waals surface area (Å²) in [6.45, 7) is 6.30. The summed E-state index contributed by atoms with van der Waals surface area (Å²) in [5, 5.41) is 3.49. The van der Waals surface area contributed by atoms with E-state index < -0.39 is 0 Å². The molecule has 1 aromatic rings. The number of benzene rings is 1. The molecule has 0 aromatic heterocycles. The summed E-state index contributed by atoms with van der Waals surface area (Å²) in [7, 11) is 0. The van der Waals surface area contributed by atoms with Crippen molar-refractivity contribution in [1.82, 2.24) is 5.32 Å². The topological polar surface area (TPSA) is 21.3 Å². The molecule has 1 heterocycles. The number of hydrogen-bond acceptors (Lipinski definition) is 2. The molecule has 0 spiro atoms. The summed E-state index contributed by atoms with van der Waals surface area (Å²) in [5.41, 5.74) is 1.27. The van der Waals surface area contributed by atoms with Gasteiger partial charge in [0.05, 0.1) is 6.61 Å². The molecule has 1 aliphatic rings. The van der Waals surface area contributed by atoms with Crippen molar-refractivity contribution in [3.63, 3.8) is 0 Å². The molecule has 17 heavy (non-hydrogen) atoms. The van der Waals surface area contributed by atoms with Gasteiger partial charge in [0.25, 0.3) is 0 Å². The molecule has 0 amide bonds. The van der Waals surface area contributed by atoms with Gasteiger partial charge in [-0.05, 0) is 43.3 Å². The van der Waals surface area contributed by atoms with Gasteiger partial charge in [0.2, 0.25) is 0 Å². The number of piperidine rings is 1. The van der Waals surface area contributed by atoms with Crippen LogP contribution in [0.1, 0.15) is 25.3 Å². The van der Waals surface area contributed by atoms with Gasteiger partial charge in [0.15, 0.2) is 0 Å². The van der Waals surface area contributed by atoms with Gasteiger partial charge in [-0.25, -0.2) is 0 Å². The number of nitrogens with one attached hydrogen (secondary N) is 1. The Morgan fingerprint density at radius 3 is 2.82 bits per heavy atom. The Hall–Kier alpha value is -0.860. The maximum Gasteiger partial charge on any atom is 0.0716 e. The zero-order chi connectivity index (χ0) is 11.9. The summed E-state index contributed by atoms with van der Waals surface area (Å²) in [4.78, 5) is 0. The first kappa shape index (κ1) is 12.6. The van der Waals surface area contributed by atoms with Crippen molar-refractivity contribution in [2.45, 2.75) is 26.4 Å². The van der Waals surface area contributed by atoms with Crippen molar-refractivity contribution in [3.05, 3.63) is 35.9 Å². The van der Waals surface area contributed by atoms with Crippen LogP contribution < -0.4 is 5.32 Å². The molecule has 1 saturated heterocycles. The van der Waals surface area contributed by atoms with Crippen molar-refractivity contribution in [2.24, 2.45) is 11.8 Å². The summed E-state index contributed by atoms with van der Waals surface area (Å²) < 4.78 is 5.73. The fraction of sp³-hybridized carbons (Fsp3) is 0.600.